The first-order chi connectivity index (χ1) is 14.5. The third-order valence-electron chi connectivity index (χ3n) is 4.69. The van der Waals surface area contributed by atoms with Gasteiger partial charge in [0, 0.05) is 19.3 Å². The SMILES string of the molecule is CN=C(NCc1ccc(NC(=O)c2ccco2)cc1)NC(C)c1ccc(C)c(F)c1.I. The smallest absolute Gasteiger partial charge is 0.291 e. The van der Waals surface area contributed by atoms with Gasteiger partial charge in [-0.2, -0.15) is 0 Å². The van der Waals surface area contributed by atoms with Gasteiger partial charge < -0.3 is 20.4 Å². The fourth-order valence-electron chi connectivity index (χ4n) is 2.85. The van der Waals surface area contributed by atoms with E-state index in [1.807, 2.05) is 37.3 Å². The zero-order valence-electron chi connectivity index (χ0n) is 17.6. The van der Waals surface area contributed by atoms with Crippen LogP contribution in [0.25, 0.3) is 0 Å². The van der Waals surface area contributed by atoms with E-state index in [1.165, 1.54) is 12.3 Å². The fraction of sp³-hybridized carbons (Fsp3) is 0.217. The monoisotopic (exact) mass is 536 g/mol. The molecule has 31 heavy (non-hydrogen) atoms. The lowest BCUT2D eigenvalue weighted by Crippen LogP contribution is -2.38. The van der Waals surface area contributed by atoms with Crippen molar-refractivity contribution < 1.29 is 13.6 Å². The predicted molar refractivity (Wildman–Crippen MR) is 131 cm³/mol. The van der Waals surface area contributed by atoms with Crippen LogP contribution >= 0.6 is 24.0 Å². The van der Waals surface area contributed by atoms with Crippen LogP contribution in [-0.4, -0.2) is 18.9 Å². The summed E-state index contributed by atoms with van der Waals surface area (Å²) in [5.74, 6) is 0.359. The van der Waals surface area contributed by atoms with Crippen LogP contribution < -0.4 is 16.0 Å². The second kappa shape index (κ2) is 11.5. The normalized spacial score (nSPS) is 11.9. The molecule has 1 atom stereocenters. The molecule has 1 amide bonds. The van der Waals surface area contributed by atoms with E-state index in [9.17, 15) is 9.18 Å². The highest BCUT2D eigenvalue weighted by Crippen LogP contribution is 2.16. The highest BCUT2D eigenvalue weighted by Gasteiger charge is 2.11. The Kier molecular flexibility index (Phi) is 9.04. The third kappa shape index (κ3) is 6.81. The summed E-state index contributed by atoms with van der Waals surface area (Å²) in [5.41, 5.74) is 3.16. The number of carbonyl (C=O) groups is 1. The van der Waals surface area contributed by atoms with Gasteiger partial charge in [0.05, 0.1) is 12.3 Å². The molecule has 6 nitrogen and oxygen atoms in total. The summed E-state index contributed by atoms with van der Waals surface area (Å²) in [5, 5.41) is 9.28. The van der Waals surface area contributed by atoms with E-state index in [0.29, 0.717) is 23.8 Å². The summed E-state index contributed by atoms with van der Waals surface area (Å²) in [4.78, 5) is 16.2. The lowest BCUT2D eigenvalue weighted by Gasteiger charge is -2.19. The molecule has 3 N–H and O–H groups in total. The van der Waals surface area contributed by atoms with Crippen molar-refractivity contribution in [3.8, 4) is 0 Å². The highest BCUT2D eigenvalue weighted by molar-refractivity contribution is 14.0. The van der Waals surface area contributed by atoms with Crippen molar-refractivity contribution in [3.63, 3.8) is 0 Å². The largest absolute Gasteiger partial charge is 0.459 e. The summed E-state index contributed by atoms with van der Waals surface area (Å²) in [6, 6.07) is 15.9. The van der Waals surface area contributed by atoms with E-state index in [4.69, 9.17) is 4.42 Å². The maximum absolute atomic E-state index is 13.8. The van der Waals surface area contributed by atoms with Crippen LogP contribution in [0.1, 0.15) is 40.2 Å². The van der Waals surface area contributed by atoms with Crippen molar-refractivity contribution in [2.45, 2.75) is 26.4 Å². The number of amides is 1. The van der Waals surface area contributed by atoms with Crippen LogP contribution in [0.5, 0.6) is 0 Å². The van der Waals surface area contributed by atoms with E-state index in [1.54, 1.807) is 32.2 Å². The molecule has 1 aromatic heterocycles. The number of hydrogen-bond donors (Lipinski definition) is 3. The Morgan fingerprint density at radius 3 is 2.52 bits per heavy atom. The number of anilines is 1. The van der Waals surface area contributed by atoms with Crippen LogP contribution in [0.3, 0.4) is 0 Å². The van der Waals surface area contributed by atoms with Crippen molar-refractivity contribution in [1.82, 2.24) is 10.6 Å². The number of halogens is 2. The molecule has 1 unspecified atom stereocenters. The van der Waals surface area contributed by atoms with Crippen LogP contribution in [0.4, 0.5) is 10.1 Å². The number of hydrogen-bond acceptors (Lipinski definition) is 3. The van der Waals surface area contributed by atoms with Crippen molar-refractivity contribution in [2.75, 3.05) is 12.4 Å². The van der Waals surface area contributed by atoms with Gasteiger partial charge >= 0.3 is 0 Å². The summed E-state index contributed by atoms with van der Waals surface area (Å²) in [7, 11) is 1.69. The van der Waals surface area contributed by atoms with Gasteiger partial charge in [0.15, 0.2) is 11.7 Å². The molecule has 0 radical (unpaired) electrons. The van der Waals surface area contributed by atoms with Gasteiger partial charge in [0.25, 0.3) is 5.91 Å². The zero-order valence-corrected chi connectivity index (χ0v) is 19.9. The molecule has 0 aliphatic heterocycles. The van der Waals surface area contributed by atoms with Crippen LogP contribution in [0.2, 0.25) is 0 Å². The van der Waals surface area contributed by atoms with Crippen molar-refractivity contribution >= 4 is 41.5 Å². The summed E-state index contributed by atoms with van der Waals surface area (Å²) in [6.07, 6.45) is 1.46. The molecule has 3 rings (SSSR count). The topological polar surface area (TPSA) is 78.7 Å². The number of nitrogens with one attached hydrogen (secondary N) is 3. The van der Waals surface area contributed by atoms with Gasteiger partial charge in [-0.15, -0.1) is 24.0 Å². The molecule has 0 fully saturated rings. The predicted octanol–water partition coefficient (Wildman–Crippen LogP) is 5.02. The molecule has 164 valence electrons. The molecule has 8 heteroatoms. The third-order valence-corrected chi connectivity index (χ3v) is 4.69. The van der Waals surface area contributed by atoms with Crippen molar-refractivity contribution in [1.29, 1.82) is 0 Å². The van der Waals surface area contributed by atoms with Gasteiger partial charge in [-0.25, -0.2) is 4.39 Å². The van der Waals surface area contributed by atoms with E-state index in [2.05, 4.69) is 20.9 Å². The average molecular weight is 536 g/mol. The Balaban J connectivity index is 0.00000341. The number of benzene rings is 2. The maximum atomic E-state index is 13.8. The molecule has 0 aliphatic carbocycles. The molecular formula is C23H26FIN4O2. The number of carbonyl (C=O) groups excluding carboxylic acids is 1. The summed E-state index contributed by atoms with van der Waals surface area (Å²) >= 11 is 0. The van der Waals surface area contributed by atoms with Gasteiger partial charge in [0.2, 0.25) is 0 Å². The Hall–Kier alpha value is -2.88. The first kappa shape index (κ1) is 24.4. The number of furan rings is 1. The quantitative estimate of drug-likeness (QED) is 0.235. The molecule has 0 saturated carbocycles. The van der Waals surface area contributed by atoms with Gasteiger partial charge in [-0.05, 0) is 60.9 Å². The lowest BCUT2D eigenvalue weighted by atomic mass is 10.1. The van der Waals surface area contributed by atoms with E-state index in [0.717, 1.165) is 11.1 Å². The number of nitrogens with zero attached hydrogens (tertiary/aromatic N) is 1. The molecule has 0 aliphatic rings. The van der Waals surface area contributed by atoms with E-state index >= 15 is 0 Å². The van der Waals surface area contributed by atoms with E-state index < -0.39 is 0 Å². The Morgan fingerprint density at radius 1 is 1.16 bits per heavy atom. The minimum absolute atomic E-state index is 0. The Bertz CT molecular complexity index is 1020. The molecule has 1 heterocycles. The molecule has 0 bridgehead atoms. The minimum atomic E-state index is -0.294. The zero-order chi connectivity index (χ0) is 21.5. The van der Waals surface area contributed by atoms with E-state index in [-0.39, 0.29) is 47.5 Å². The lowest BCUT2D eigenvalue weighted by molar-refractivity contribution is 0.0996. The highest BCUT2D eigenvalue weighted by atomic mass is 127. The Morgan fingerprint density at radius 2 is 1.90 bits per heavy atom. The number of guanidine groups is 1. The van der Waals surface area contributed by atoms with Crippen LogP contribution in [-0.2, 0) is 6.54 Å². The summed E-state index contributed by atoms with van der Waals surface area (Å²) < 4.78 is 18.9. The van der Waals surface area contributed by atoms with Crippen LogP contribution in [0, 0.1) is 12.7 Å². The fourth-order valence-corrected chi connectivity index (χ4v) is 2.85. The van der Waals surface area contributed by atoms with Crippen LogP contribution in [0.15, 0.2) is 70.3 Å². The number of aryl methyl sites for hydroxylation is 1. The first-order valence-corrected chi connectivity index (χ1v) is 9.63. The summed E-state index contributed by atoms with van der Waals surface area (Å²) in [6.45, 7) is 4.24. The standard InChI is InChI=1S/C23H25FN4O2.HI/c1-15-6-9-18(13-20(15)24)16(2)27-23(25-3)26-14-17-7-10-19(11-8-17)28-22(29)21-5-4-12-30-21;/h4-13,16H,14H2,1-3H3,(H,28,29)(H2,25,26,27);1H. The maximum Gasteiger partial charge on any atom is 0.291 e. The molecule has 0 spiro atoms. The first-order valence-electron chi connectivity index (χ1n) is 9.63. The number of aliphatic imine (C=N–C) groups is 1. The molecule has 3 aromatic rings. The minimum Gasteiger partial charge on any atom is -0.459 e. The van der Waals surface area contributed by atoms with Gasteiger partial charge in [-0.1, -0.05) is 24.3 Å². The second-order valence-electron chi connectivity index (χ2n) is 6.93. The molecule has 0 saturated heterocycles. The molecule has 2 aromatic carbocycles. The van der Waals surface area contributed by atoms with Gasteiger partial charge in [0.1, 0.15) is 5.82 Å². The van der Waals surface area contributed by atoms with Gasteiger partial charge in [-0.3, -0.25) is 9.79 Å². The molecular weight excluding hydrogens is 510 g/mol. The average Bonchev–Trinajstić information content (AvgIpc) is 3.29. The van der Waals surface area contributed by atoms with Crippen molar-refractivity contribution in [2.24, 2.45) is 4.99 Å². The number of rotatable bonds is 6. The van der Waals surface area contributed by atoms with Crippen molar-refractivity contribution in [3.05, 3.63) is 89.1 Å². The second-order valence-corrected chi connectivity index (χ2v) is 6.93. The Labute approximate surface area is 198 Å².